The Morgan fingerprint density at radius 2 is 2.00 bits per heavy atom. The average molecular weight is 324 g/mol. The first-order chi connectivity index (χ1) is 9.97. The van der Waals surface area contributed by atoms with Gasteiger partial charge in [0.15, 0.2) is 0 Å². The second kappa shape index (κ2) is 5.09. The van der Waals surface area contributed by atoms with Gasteiger partial charge in [-0.25, -0.2) is 14.4 Å². The molecular formula is C14H8Cl2FN3O. The second-order valence-electron chi connectivity index (χ2n) is 4.47. The van der Waals surface area contributed by atoms with Crippen LogP contribution >= 0.6 is 23.2 Å². The summed E-state index contributed by atoms with van der Waals surface area (Å²) in [6, 6.07) is 5.61. The number of aryl methyl sites for hydroxylation is 1. The smallest absolute Gasteiger partial charge is 0.263 e. The maximum atomic E-state index is 14.1. The maximum Gasteiger partial charge on any atom is 0.263 e. The molecule has 0 aliphatic heterocycles. The van der Waals surface area contributed by atoms with E-state index in [-0.39, 0.29) is 32.4 Å². The number of hydrogen-bond acceptors (Lipinski definition) is 3. The third-order valence-electron chi connectivity index (χ3n) is 3.06. The van der Waals surface area contributed by atoms with Gasteiger partial charge in [-0.2, -0.15) is 0 Å². The molecule has 21 heavy (non-hydrogen) atoms. The Morgan fingerprint density at radius 3 is 2.71 bits per heavy atom. The minimum Gasteiger partial charge on any atom is -0.302 e. The van der Waals surface area contributed by atoms with Gasteiger partial charge in [-0.1, -0.05) is 23.2 Å². The van der Waals surface area contributed by atoms with Crippen molar-refractivity contribution >= 4 is 34.1 Å². The van der Waals surface area contributed by atoms with E-state index in [1.165, 1.54) is 29.1 Å². The molecule has 2 aromatic heterocycles. The zero-order valence-electron chi connectivity index (χ0n) is 10.8. The van der Waals surface area contributed by atoms with Crippen LogP contribution in [0.2, 0.25) is 10.2 Å². The molecule has 3 rings (SSSR count). The fourth-order valence-electron chi connectivity index (χ4n) is 2.07. The van der Waals surface area contributed by atoms with E-state index in [0.29, 0.717) is 5.52 Å². The Bertz CT molecular complexity index is 924. The van der Waals surface area contributed by atoms with E-state index in [1.807, 2.05) is 0 Å². The van der Waals surface area contributed by atoms with E-state index in [1.54, 1.807) is 7.05 Å². The number of rotatable bonds is 1. The summed E-state index contributed by atoms with van der Waals surface area (Å²) in [5.74, 6) is -0.579. The van der Waals surface area contributed by atoms with Gasteiger partial charge in [0, 0.05) is 23.7 Å². The third kappa shape index (κ3) is 2.39. The van der Waals surface area contributed by atoms with Crippen molar-refractivity contribution in [1.82, 2.24) is 14.5 Å². The van der Waals surface area contributed by atoms with Crippen LogP contribution in [-0.4, -0.2) is 14.5 Å². The first kappa shape index (κ1) is 14.0. The van der Waals surface area contributed by atoms with Gasteiger partial charge in [0.1, 0.15) is 11.0 Å². The normalized spacial score (nSPS) is 11.0. The number of aromatic nitrogens is 3. The van der Waals surface area contributed by atoms with Crippen molar-refractivity contribution in [2.75, 3.05) is 0 Å². The Labute approximate surface area is 128 Å². The molecule has 0 saturated heterocycles. The summed E-state index contributed by atoms with van der Waals surface area (Å²) in [5.41, 5.74) is 0.341. The second-order valence-corrected chi connectivity index (χ2v) is 5.30. The van der Waals surface area contributed by atoms with Crippen molar-refractivity contribution < 1.29 is 4.39 Å². The van der Waals surface area contributed by atoms with Crippen molar-refractivity contribution in [3.8, 4) is 11.3 Å². The zero-order valence-corrected chi connectivity index (χ0v) is 12.3. The van der Waals surface area contributed by atoms with Gasteiger partial charge in [-0.15, -0.1) is 0 Å². The maximum absolute atomic E-state index is 14.1. The number of nitrogens with zero attached hydrogens (tertiary/aromatic N) is 3. The van der Waals surface area contributed by atoms with Crippen LogP contribution in [0.1, 0.15) is 0 Å². The highest BCUT2D eigenvalue weighted by molar-refractivity contribution is 6.31. The number of fused-ring (bicyclic) bond motifs is 1. The predicted octanol–water partition coefficient (Wildman–Crippen LogP) is 3.44. The molecule has 0 atom stereocenters. The topological polar surface area (TPSA) is 47.8 Å². The quantitative estimate of drug-likeness (QED) is 0.644. The van der Waals surface area contributed by atoms with Crippen molar-refractivity contribution in [2.24, 2.45) is 7.05 Å². The number of pyridine rings is 1. The van der Waals surface area contributed by atoms with Crippen LogP contribution in [0.3, 0.4) is 0 Å². The first-order valence-corrected chi connectivity index (χ1v) is 6.70. The Kier molecular flexibility index (Phi) is 3.39. The molecule has 2 heterocycles. The summed E-state index contributed by atoms with van der Waals surface area (Å²) >= 11 is 11.7. The highest BCUT2D eigenvalue weighted by Gasteiger charge is 2.16. The molecule has 0 aliphatic carbocycles. The van der Waals surface area contributed by atoms with Crippen molar-refractivity contribution in [2.45, 2.75) is 0 Å². The largest absolute Gasteiger partial charge is 0.302 e. The summed E-state index contributed by atoms with van der Waals surface area (Å²) in [4.78, 5) is 20.5. The van der Waals surface area contributed by atoms with Gasteiger partial charge in [0.2, 0.25) is 0 Å². The zero-order chi connectivity index (χ0) is 15.1. The van der Waals surface area contributed by atoms with Crippen molar-refractivity contribution in [3.63, 3.8) is 0 Å². The van der Waals surface area contributed by atoms with E-state index < -0.39 is 5.82 Å². The van der Waals surface area contributed by atoms with Gasteiger partial charge < -0.3 is 4.57 Å². The third-order valence-corrected chi connectivity index (χ3v) is 3.49. The van der Waals surface area contributed by atoms with Crippen LogP contribution < -0.4 is 5.56 Å². The standard InChI is InChI=1S/C14H8Cl2FN3O/c1-20-6-18-10-5-11(16)19-13(12(10)14(20)21)8-3-2-7(15)4-9(8)17/h2-6H,1H3. The predicted molar refractivity (Wildman–Crippen MR) is 80.2 cm³/mol. The van der Waals surface area contributed by atoms with Crippen molar-refractivity contribution in [1.29, 1.82) is 0 Å². The molecule has 1 aromatic carbocycles. The van der Waals surface area contributed by atoms with Gasteiger partial charge in [-0.3, -0.25) is 4.79 Å². The molecule has 0 amide bonds. The molecule has 7 heteroatoms. The molecule has 0 aliphatic rings. The molecule has 0 radical (unpaired) electrons. The Hall–Kier alpha value is -1.98. The summed E-state index contributed by atoms with van der Waals surface area (Å²) in [6.07, 6.45) is 1.38. The Morgan fingerprint density at radius 1 is 1.24 bits per heavy atom. The number of benzene rings is 1. The molecular weight excluding hydrogens is 316 g/mol. The van der Waals surface area contributed by atoms with E-state index in [2.05, 4.69) is 9.97 Å². The Balaban J connectivity index is 2.46. The molecule has 106 valence electrons. The highest BCUT2D eigenvalue weighted by atomic mass is 35.5. The lowest BCUT2D eigenvalue weighted by atomic mass is 10.1. The van der Waals surface area contributed by atoms with E-state index in [4.69, 9.17) is 23.2 Å². The lowest BCUT2D eigenvalue weighted by Crippen LogP contribution is -2.18. The molecule has 0 unspecified atom stereocenters. The molecule has 0 N–H and O–H groups in total. The minimum absolute atomic E-state index is 0.132. The van der Waals surface area contributed by atoms with E-state index in [9.17, 15) is 9.18 Å². The molecule has 0 fully saturated rings. The molecule has 0 bridgehead atoms. The number of halogens is 3. The van der Waals surface area contributed by atoms with Gasteiger partial charge in [0.05, 0.1) is 22.9 Å². The lowest BCUT2D eigenvalue weighted by Gasteiger charge is -2.08. The van der Waals surface area contributed by atoms with Crippen LogP contribution in [0, 0.1) is 5.82 Å². The lowest BCUT2D eigenvalue weighted by molar-refractivity contribution is 0.631. The molecule has 0 spiro atoms. The van der Waals surface area contributed by atoms with E-state index >= 15 is 0 Å². The number of hydrogen-bond donors (Lipinski definition) is 0. The first-order valence-electron chi connectivity index (χ1n) is 5.94. The minimum atomic E-state index is -0.579. The van der Waals surface area contributed by atoms with Crippen LogP contribution in [0.4, 0.5) is 4.39 Å². The fraction of sp³-hybridized carbons (Fsp3) is 0.0714. The van der Waals surface area contributed by atoms with Crippen molar-refractivity contribution in [3.05, 3.63) is 56.9 Å². The van der Waals surface area contributed by atoms with Gasteiger partial charge in [-0.05, 0) is 18.2 Å². The van der Waals surface area contributed by atoms with Gasteiger partial charge in [0.25, 0.3) is 5.56 Å². The SMILES string of the molecule is Cn1cnc2cc(Cl)nc(-c3ccc(Cl)cc3F)c2c1=O. The fourth-order valence-corrected chi connectivity index (χ4v) is 2.41. The van der Waals surface area contributed by atoms with Crippen LogP contribution in [0.25, 0.3) is 22.2 Å². The van der Waals surface area contributed by atoms with Crippen LogP contribution in [0.15, 0.2) is 35.4 Å². The van der Waals surface area contributed by atoms with Crippen LogP contribution in [-0.2, 0) is 7.05 Å². The van der Waals surface area contributed by atoms with Gasteiger partial charge >= 0.3 is 0 Å². The van der Waals surface area contributed by atoms with Crippen LogP contribution in [0.5, 0.6) is 0 Å². The summed E-state index contributed by atoms with van der Waals surface area (Å²) in [6.45, 7) is 0. The molecule has 0 saturated carbocycles. The monoisotopic (exact) mass is 323 g/mol. The highest BCUT2D eigenvalue weighted by Crippen LogP contribution is 2.29. The average Bonchev–Trinajstić information content (AvgIpc) is 2.42. The molecule has 4 nitrogen and oxygen atoms in total. The summed E-state index contributed by atoms with van der Waals surface area (Å²) in [7, 11) is 1.56. The van der Waals surface area contributed by atoms with E-state index in [0.717, 1.165) is 6.07 Å². The summed E-state index contributed by atoms with van der Waals surface area (Å²) in [5, 5.41) is 0.604. The molecule has 3 aromatic rings. The summed E-state index contributed by atoms with van der Waals surface area (Å²) < 4.78 is 15.4.